The van der Waals surface area contributed by atoms with E-state index in [1.165, 1.54) is 31.9 Å². The van der Waals surface area contributed by atoms with Crippen LogP contribution in [0.5, 0.6) is 23.0 Å². The highest BCUT2D eigenvalue weighted by atomic mass is 35.5. The Hall–Kier alpha value is -4.51. The van der Waals surface area contributed by atoms with Crippen molar-refractivity contribution >= 4 is 29.0 Å². The SMILES string of the molecule is COc1cc(OC)c2c(c1Cl)O[C@@]1(C(=O)C3=C(C[C@H]1C)Nc1c(c(=O)n(C)c(=O)n1C)C3c1ccc(OCC(C)C)cc1)C2=O. The van der Waals surface area contributed by atoms with Gasteiger partial charge in [-0.15, -0.1) is 0 Å². The molecule has 2 aromatic carbocycles. The summed E-state index contributed by atoms with van der Waals surface area (Å²) in [5.41, 5.74) is -1.49. The molecule has 3 aromatic rings. The van der Waals surface area contributed by atoms with Crippen LogP contribution in [0.1, 0.15) is 54.6 Å². The molecule has 1 unspecified atom stereocenters. The number of allylic oxidation sites excluding steroid dienone is 1. The summed E-state index contributed by atoms with van der Waals surface area (Å²) in [5.74, 6) is -1.15. The number of carbonyl (C=O) groups excluding carboxylic acids is 2. The third kappa shape index (κ3) is 4.31. The van der Waals surface area contributed by atoms with E-state index < -0.39 is 40.3 Å². The van der Waals surface area contributed by atoms with Crippen molar-refractivity contribution in [3.05, 3.63) is 84.2 Å². The minimum absolute atomic E-state index is 0.00722. The Morgan fingerprint density at radius 2 is 1.69 bits per heavy atom. The fraction of sp³-hybridized carbons (Fsp3) is 0.394. The normalized spacial score (nSPS) is 21.7. The van der Waals surface area contributed by atoms with Gasteiger partial charge in [0.2, 0.25) is 17.2 Å². The van der Waals surface area contributed by atoms with E-state index in [1.807, 2.05) is 13.8 Å². The first-order valence-electron chi connectivity index (χ1n) is 14.6. The second-order valence-electron chi connectivity index (χ2n) is 12.1. The number of nitrogens with one attached hydrogen (secondary N) is 1. The molecule has 0 bridgehead atoms. The molecular formula is C33H34ClN3O8. The second-order valence-corrected chi connectivity index (χ2v) is 12.5. The van der Waals surface area contributed by atoms with E-state index in [0.29, 0.717) is 35.4 Å². The molecule has 3 aliphatic rings. The van der Waals surface area contributed by atoms with E-state index in [0.717, 1.165) is 4.57 Å². The minimum Gasteiger partial charge on any atom is -0.496 e. The summed E-state index contributed by atoms with van der Waals surface area (Å²) in [5, 5.41) is 3.27. The molecule has 0 saturated heterocycles. The molecule has 3 atom stereocenters. The number of rotatable bonds is 6. The first-order chi connectivity index (χ1) is 21.4. The van der Waals surface area contributed by atoms with E-state index >= 15 is 0 Å². The third-order valence-electron chi connectivity index (χ3n) is 8.87. The standard InChI is InChI=1S/C33H34ClN3O8/c1-15(2)14-44-18-10-8-17(9-11-18)22-23-19(35-30-25(22)31(40)37(5)32(41)36(30)4)12-16(3)33(28(23)38)29(39)24-20(42-6)13-21(43-7)26(34)27(24)45-33/h8-11,13,15-16,22,35H,12,14H2,1-7H3/t16-,22?,33+/m1/s1. The fourth-order valence-electron chi connectivity index (χ4n) is 6.54. The molecule has 1 aliphatic carbocycles. The molecular weight excluding hydrogens is 602 g/mol. The monoisotopic (exact) mass is 635 g/mol. The quantitative estimate of drug-likeness (QED) is 0.396. The maximum absolute atomic E-state index is 15.0. The summed E-state index contributed by atoms with van der Waals surface area (Å²) < 4.78 is 25.5. The predicted molar refractivity (Wildman–Crippen MR) is 167 cm³/mol. The number of methoxy groups -OCH3 is 2. The van der Waals surface area contributed by atoms with Crippen molar-refractivity contribution in [3.8, 4) is 23.0 Å². The highest BCUT2D eigenvalue weighted by Crippen LogP contribution is 2.56. The zero-order valence-electron chi connectivity index (χ0n) is 26.1. The molecule has 0 fully saturated rings. The summed E-state index contributed by atoms with van der Waals surface area (Å²) in [4.78, 5) is 56.1. The Morgan fingerprint density at radius 3 is 2.31 bits per heavy atom. The van der Waals surface area contributed by atoms with Gasteiger partial charge in [0.1, 0.15) is 33.7 Å². The molecule has 1 aromatic heterocycles. The lowest BCUT2D eigenvalue weighted by molar-refractivity contribution is -0.130. The molecule has 45 heavy (non-hydrogen) atoms. The second kappa shape index (κ2) is 10.8. The van der Waals surface area contributed by atoms with Gasteiger partial charge in [-0.1, -0.05) is 44.5 Å². The van der Waals surface area contributed by atoms with Gasteiger partial charge in [-0.3, -0.25) is 23.5 Å². The maximum Gasteiger partial charge on any atom is 0.332 e. The van der Waals surface area contributed by atoms with E-state index in [4.69, 9.17) is 30.5 Å². The summed E-state index contributed by atoms with van der Waals surface area (Å²) in [6.45, 7) is 6.36. The Labute approximate surface area is 264 Å². The van der Waals surface area contributed by atoms with Gasteiger partial charge < -0.3 is 24.3 Å². The molecule has 1 spiro atoms. The summed E-state index contributed by atoms with van der Waals surface area (Å²) >= 11 is 6.62. The number of hydrogen-bond donors (Lipinski definition) is 1. The Balaban J connectivity index is 1.56. The number of anilines is 1. The molecule has 1 N–H and O–H groups in total. The van der Waals surface area contributed by atoms with Crippen LogP contribution in [-0.2, 0) is 18.9 Å². The van der Waals surface area contributed by atoms with Gasteiger partial charge in [0, 0.05) is 43.3 Å². The Bertz CT molecular complexity index is 1920. The first-order valence-corrected chi connectivity index (χ1v) is 15.0. The van der Waals surface area contributed by atoms with Crippen LogP contribution in [0.15, 0.2) is 51.2 Å². The Kier molecular flexibility index (Phi) is 7.35. The van der Waals surface area contributed by atoms with Gasteiger partial charge in [0.25, 0.3) is 5.56 Å². The van der Waals surface area contributed by atoms with Crippen LogP contribution in [0.2, 0.25) is 5.02 Å². The van der Waals surface area contributed by atoms with Crippen molar-refractivity contribution in [1.29, 1.82) is 0 Å². The molecule has 6 rings (SSSR count). The van der Waals surface area contributed by atoms with Crippen LogP contribution in [0.3, 0.4) is 0 Å². The lowest BCUT2D eigenvalue weighted by Gasteiger charge is -2.42. The summed E-state index contributed by atoms with van der Waals surface area (Å²) in [6, 6.07) is 8.63. The van der Waals surface area contributed by atoms with Gasteiger partial charge in [-0.05, 0) is 30.0 Å². The smallest absolute Gasteiger partial charge is 0.332 e. The highest BCUT2D eigenvalue weighted by Gasteiger charge is 2.63. The number of aromatic nitrogens is 2. The van der Waals surface area contributed by atoms with Crippen molar-refractivity contribution in [1.82, 2.24) is 9.13 Å². The van der Waals surface area contributed by atoms with Gasteiger partial charge in [0.05, 0.1) is 26.4 Å². The van der Waals surface area contributed by atoms with Crippen molar-refractivity contribution in [2.24, 2.45) is 25.9 Å². The van der Waals surface area contributed by atoms with Crippen LogP contribution < -0.4 is 35.5 Å². The van der Waals surface area contributed by atoms with Crippen molar-refractivity contribution in [3.63, 3.8) is 0 Å². The van der Waals surface area contributed by atoms with Crippen LogP contribution >= 0.6 is 11.6 Å². The molecule has 0 saturated carbocycles. The number of ketones is 2. The molecule has 0 radical (unpaired) electrons. The predicted octanol–water partition coefficient (Wildman–Crippen LogP) is 4.22. The molecule has 3 heterocycles. The van der Waals surface area contributed by atoms with Crippen molar-refractivity contribution in [2.75, 3.05) is 26.1 Å². The fourth-order valence-corrected chi connectivity index (χ4v) is 6.81. The van der Waals surface area contributed by atoms with Crippen LogP contribution in [0, 0.1) is 11.8 Å². The lowest BCUT2D eigenvalue weighted by atomic mass is 9.66. The van der Waals surface area contributed by atoms with Gasteiger partial charge in [0.15, 0.2) is 5.75 Å². The number of Topliss-reactive ketones (excluding diaryl/α,β-unsaturated/α-hetero) is 2. The zero-order chi connectivity index (χ0) is 32.5. The summed E-state index contributed by atoms with van der Waals surface area (Å²) in [7, 11) is 5.79. The van der Waals surface area contributed by atoms with E-state index in [9.17, 15) is 19.2 Å². The number of benzene rings is 2. The van der Waals surface area contributed by atoms with Crippen LogP contribution in [0.4, 0.5) is 5.82 Å². The average molecular weight is 636 g/mol. The maximum atomic E-state index is 15.0. The molecule has 2 aliphatic heterocycles. The zero-order valence-corrected chi connectivity index (χ0v) is 26.8. The highest BCUT2D eigenvalue weighted by molar-refractivity contribution is 6.36. The number of halogens is 1. The van der Waals surface area contributed by atoms with Gasteiger partial charge in [-0.2, -0.15) is 0 Å². The largest absolute Gasteiger partial charge is 0.496 e. The number of ether oxygens (including phenoxy) is 4. The molecule has 12 heteroatoms. The van der Waals surface area contributed by atoms with Crippen molar-refractivity contribution in [2.45, 2.75) is 38.7 Å². The summed E-state index contributed by atoms with van der Waals surface area (Å²) in [6.07, 6.45) is 0.201. The molecule has 11 nitrogen and oxygen atoms in total. The van der Waals surface area contributed by atoms with Crippen molar-refractivity contribution < 1.29 is 28.5 Å². The number of carbonyl (C=O) groups is 2. The van der Waals surface area contributed by atoms with E-state index in [2.05, 4.69) is 5.32 Å². The Morgan fingerprint density at radius 1 is 1.02 bits per heavy atom. The first kappa shape index (κ1) is 30.5. The van der Waals surface area contributed by atoms with Gasteiger partial charge in [-0.25, -0.2) is 4.79 Å². The minimum atomic E-state index is -1.98. The number of hydrogen-bond acceptors (Lipinski definition) is 9. The number of nitrogens with zero attached hydrogens (tertiary/aromatic N) is 2. The molecule has 0 amide bonds. The topological polar surface area (TPSA) is 127 Å². The van der Waals surface area contributed by atoms with Crippen LogP contribution in [-0.4, -0.2) is 47.1 Å². The van der Waals surface area contributed by atoms with E-state index in [1.54, 1.807) is 38.2 Å². The van der Waals surface area contributed by atoms with Gasteiger partial charge >= 0.3 is 5.69 Å². The third-order valence-corrected chi connectivity index (χ3v) is 9.23. The number of fused-ring (bicyclic) bond motifs is 2. The lowest BCUT2D eigenvalue weighted by Crippen LogP contribution is -2.58. The van der Waals surface area contributed by atoms with Crippen LogP contribution in [0.25, 0.3) is 0 Å². The molecule has 236 valence electrons. The average Bonchev–Trinajstić information content (AvgIpc) is 3.34. The van der Waals surface area contributed by atoms with E-state index in [-0.39, 0.29) is 45.4 Å².